The molecule has 0 amide bonds. The van der Waals surface area contributed by atoms with Crippen LogP contribution in [0.5, 0.6) is 0 Å². The van der Waals surface area contributed by atoms with Gasteiger partial charge in [-0.1, -0.05) is 0 Å². The zero-order chi connectivity index (χ0) is 12.1. The molecule has 98 valence electrons. The molecule has 5 rings (SSSR count). The average molecular weight is 248 g/mol. The fourth-order valence-electron chi connectivity index (χ4n) is 4.71. The lowest BCUT2D eigenvalue weighted by Crippen LogP contribution is -2.49. The van der Waals surface area contributed by atoms with Gasteiger partial charge in [0.05, 0.1) is 12.3 Å². The Bertz CT molecular complexity index is 415. The van der Waals surface area contributed by atoms with Crippen LogP contribution in [0.15, 0.2) is 10.6 Å². The Balaban J connectivity index is 1.43. The molecule has 0 aromatic carbocycles. The Labute approximate surface area is 107 Å². The number of rotatable bonds is 3. The first-order chi connectivity index (χ1) is 8.78. The molecule has 4 bridgehead atoms. The van der Waals surface area contributed by atoms with Crippen molar-refractivity contribution in [2.75, 3.05) is 5.73 Å². The smallest absolute Gasteiger partial charge is 0.222 e. The third kappa shape index (κ3) is 1.74. The van der Waals surface area contributed by atoms with Crippen LogP contribution >= 0.6 is 0 Å². The monoisotopic (exact) mass is 248 g/mol. The highest BCUT2D eigenvalue weighted by molar-refractivity contribution is 5.17. The topological polar surface area (TPSA) is 61.3 Å². The molecule has 0 unspecified atom stereocenters. The summed E-state index contributed by atoms with van der Waals surface area (Å²) in [6, 6.07) is 0. The minimum absolute atomic E-state index is 0.374. The van der Waals surface area contributed by atoms with Crippen LogP contribution in [0.2, 0.25) is 0 Å². The van der Waals surface area contributed by atoms with Gasteiger partial charge in [0.25, 0.3) is 0 Å². The van der Waals surface area contributed by atoms with E-state index in [4.69, 9.17) is 14.9 Å². The van der Waals surface area contributed by atoms with Crippen LogP contribution in [-0.4, -0.2) is 11.1 Å². The standard InChI is InChI=1S/C14H20N2O2/c15-12-6-16-13(18-12)7-17-14-10-2-8-1-9(4-10)5-11(14)3-8/h6,8-11,14H,1-5,7,15H2. The molecule has 4 aliphatic rings. The summed E-state index contributed by atoms with van der Waals surface area (Å²) >= 11 is 0. The molecule has 4 nitrogen and oxygen atoms in total. The predicted octanol–water partition coefficient (Wildman–Crippen LogP) is 2.60. The second kappa shape index (κ2) is 3.98. The number of hydrogen-bond acceptors (Lipinski definition) is 4. The van der Waals surface area contributed by atoms with Gasteiger partial charge in [0, 0.05) is 0 Å². The van der Waals surface area contributed by atoms with E-state index in [9.17, 15) is 0 Å². The third-order valence-electron chi connectivity index (χ3n) is 5.11. The number of hydrogen-bond donors (Lipinski definition) is 1. The molecule has 1 heterocycles. The molecule has 0 spiro atoms. The van der Waals surface area contributed by atoms with Gasteiger partial charge < -0.3 is 14.9 Å². The van der Waals surface area contributed by atoms with E-state index in [0.717, 1.165) is 23.7 Å². The maximum Gasteiger partial charge on any atom is 0.222 e. The summed E-state index contributed by atoms with van der Waals surface area (Å²) in [6.45, 7) is 0.476. The highest BCUT2D eigenvalue weighted by Crippen LogP contribution is 2.54. The summed E-state index contributed by atoms with van der Waals surface area (Å²) in [5.41, 5.74) is 5.52. The van der Waals surface area contributed by atoms with Gasteiger partial charge in [-0.25, -0.2) is 4.98 Å². The van der Waals surface area contributed by atoms with Crippen LogP contribution < -0.4 is 5.73 Å². The Kier molecular flexibility index (Phi) is 2.40. The molecule has 4 saturated carbocycles. The van der Waals surface area contributed by atoms with Crippen LogP contribution in [0, 0.1) is 23.7 Å². The van der Waals surface area contributed by atoms with E-state index in [0.29, 0.717) is 24.5 Å². The lowest BCUT2D eigenvalue weighted by Gasteiger charge is -2.53. The van der Waals surface area contributed by atoms with Gasteiger partial charge in [-0.2, -0.15) is 0 Å². The number of anilines is 1. The van der Waals surface area contributed by atoms with Crippen molar-refractivity contribution in [1.29, 1.82) is 0 Å². The van der Waals surface area contributed by atoms with E-state index in [2.05, 4.69) is 4.98 Å². The first-order valence-electron chi connectivity index (χ1n) is 7.09. The Morgan fingerprint density at radius 3 is 2.39 bits per heavy atom. The molecule has 1 aromatic rings. The van der Waals surface area contributed by atoms with Gasteiger partial charge >= 0.3 is 0 Å². The molecule has 18 heavy (non-hydrogen) atoms. The van der Waals surface area contributed by atoms with E-state index < -0.39 is 0 Å². The number of nitrogen functional groups attached to an aromatic ring is 1. The first kappa shape index (κ1) is 10.9. The lowest BCUT2D eigenvalue weighted by atomic mass is 9.55. The Morgan fingerprint density at radius 2 is 1.83 bits per heavy atom. The SMILES string of the molecule is Nc1cnc(COC2C3CC4CC(C3)CC2C4)o1. The van der Waals surface area contributed by atoms with Gasteiger partial charge in [-0.05, 0) is 55.8 Å². The predicted molar refractivity (Wildman–Crippen MR) is 66.5 cm³/mol. The molecule has 0 aliphatic heterocycles. The highest BCUT2D eigenvalue weighted by atomic mass is 16.5. The first-order valence-corrected chi connectivity index (χ1v) is 7.09. The van der Waals surface area contributed by atoms with Crippen molar-refractivity contribution in [3.05, 3.63) is 12.1 Å². The maximum absolute atomic E-state index is 6.11. The van der Waals surface area contributed by atoms with E-state index in [1.165, 1.54) is 32.1 Å². The summed E-state index contributed by atoms with van der Waals surface area (Å²) in [5, 5.41) is 0. The molecule has 4 heteroatoms. The van der Waals surface area contributed by atoms with Crippen molar-refractivity contribution >= 4 is 5.88 Å². The molecule has 0 saturated heterocycles. The summed E-state index contributed by atoms with van der Waals surface area (Å²) in [5.74, 6) is 4.54. The molecular formula is C14H20N2O2. The summed E-state index contributed by atoms with van der Waals surface area (Å²) in [4.78, 5) is 4.10. The number of nitrogens with zero attached hydrogens (tertiary/aromatic N) is 1. The van der Waals surface area contributed by atoms with Gasteiger partial charge in [0.15, 0.2) is 0 Å². The molecule has 4 fully saturated rings. The fourth-order valence-corrected chi connectivity index (χ4v) is 4.71. The molecule has 2 N–H and O–H groups in total. The fraction of sp³-hybridized carbons (Fsp3) is 0.786. The third-order valence-corrected chi connectivity index (χ3v) is 5.11. The van der Waals surface area contributed by atoms with Crippen molar-refractivity contribution in [3.63, 3.8) is 0 Å². The highest BCUT2D eigenvalue weighted by Gasteiger charge is 2.48. The van der Waals surface area contributed by atoms with Crippen molar-refractivity contribution in [3.8, 4) is 0 Å². The van der Waals surface area contributed by atoms with Crippen LogP contribution in [0.1, 0.15) is 38.0 Å². The zero-order valence-electron chi connectivity index (χ0n) is 10.5. The number of oxazole rings is 1. The maximum atomic E-state index is 6.11. The van der Waals surface area contributed by atoms with E-state index in [-0.39, 0.29) is 0 Å². The number of nitrogens with two attached hydrogens (primary N) is 1. The summed E-state index contributed by atoms with van der Waals surface area (Å²) < 4.78 is 11.4. The largest absolute Gasteiger partial charge is 0.423 e. The second-order valence-corrected chi connectivity index (χ2v) is 6.36. The van der Waals surface area contributed by atoms with Gasteiger partial charge in [0.2, 0.25) is 11.8 Å². The van der Waals surface area contributed by atoms with Crippen LogP contribution in [0.4, 0.5) is 5.88 Å². The summed E-state index contributed by atoms with van der Waals surface area (Å²) in [7, 11) is 0. The molecular weight excluding hydrogens is 228 g/mol. The average Bonchev–Trinajstić information content (AvgIpc) is 2.73. The number of aromatic nitrogens is 1. The van der Waals surface area contributed by atoms with Crippen molar-refractivity contribution in [1.82, 2.24) is 4.98 Å². The Morgan fingerprint density at radius 1 is 1.17 bits per heavy atom. The molecule has 1 aromatic heterocycles. The minimum Gasteiger partial charge on any atom is -0.423 e. The second-order valence-electron chi connectivity index (χ2n) is 6.36. The van der Waals surface area contributed by atoms with Crippen molar-refractivity contribution < 1.29 is 9.15 Å². The van der Waals surface area contributed by atoms with Crippen LogP contribution in [0.3, 0.4) is 0 Å². The molecule has 0 atom stereocenters. The van der Waals surface area contributed by atoms with Gasteiger partial charge in [-0.15, -0.1) is 0 Å². The van der Waals surface area contributed by atoms with Gasteiger partial charge in [-0.3, -0.25) is 0 Å². The van der Waals surface area contributed by atoms with Crippen LogP contribution in [0.25, 0.3) is 0 Å². The van der Waals surface area contributed by atoms with Gasteiger partial charge in [0.1, 0.15) is 6.61 Å². The van der Waals surface area contributed by atoms with Crippen molar-refractivity contribution in [2.45, 2.75) is 44.8 Å². The summed E-state index contributed by atoms with van der Waals surface area (Å²) in [6.07, 6.45) is 8.99. The molecule has 4 aliphatic carbocycles. The van der Waals surface area contributed by atoms with E-state index in [1.807, 2.05) is 0 Å². The normalized spacial score (nSPS) is 41.4. The lowest BCUT2D eigenvalue weighted by molar-refractivity contribution is -0.135. The van der Waals surface area contributed by atoms with Crippen LogP contribution in [-0.2, 0) is 11.3 Å². The number of ether oxygens (including phenoxy) is 1. The van der Waals surface area contributed by atoms with Crippen molar-refractivity contribution in [2.24, 2.45) is 23.7 Å². The molecule has 0 radical (unpaired) electrons. The quantitative estimate of drug-likeness (QED) is 0.893. The van der Waals surface area contributed by atoms with E-state index in [1.54, 1.807) is 6.20 Å². The minimum atomic E-state index is 0.374. The zero-order valence-corrected chi connectivity index (χ0v) is 10.5. The van der Waals surface area contributed by atoms with E-state index >= 15 is 0 Å². The Hall–Kier alpha value is -1.03.